The average molecular weight is 380 g/mol. The first-order valence-corrected chi connectivity index (χ1v) is 9.01. The highest BCUT2D eigenvalue weighted by molar-refractivity contribution is 5.90. The summed E-state index contributed by atoms with van der Waals surface area (Å²) in [5, 5.41) is 6.05. The van der Waals surface area contributed by atoms with Crippen LogP contribution in [0.2, 0.25) is 0 Å². The van der Waals surface area contributed by atoms with Crippen molar-refractivity contribution in [2.24, 2.45) is 5.92 Å². The molecule has 0 aliphatic carbocycles. The summed E-state index contributed by atoms with van der Waals surface area (Å²) < 4.78 is 38.6. The number of likely N-dealkylation sites (tertiary alicyclic amines) is 1. The predicted molar refractivity (Wildman–Crippen MR) is 96.0 cm³/mol. The van der Waals surface area contributed by atoms with E-state index in [4.69, 9.17) is 0 Å². The monoisotopic (exact) mass is 380 g/mol. The van der Waals surface area contributed by atoms with E-state index in [2.05, 4.69) is 22.2 Å². The van der Waals surface area contributed by atoms with E-state index in [9.17, 15) is 18.0 Å². The number of aromatic nitrogens is 2. The summed E-state index contributed by atoms with van der Waals surface area (Å²) in [6.07, 6.45) is -0.926. The first-order valence-electron chi connectivity index (χ1n) is 9.01. The van der Waals surface area contributed by atoms with E-state index in [1.807, 2.05) is 24.3 Å². The molecule has 0 atom stereocenters. The average Bonchev–Trinajstić information content (AvgIpc) is 3.07. The molecule has 2 aromatic rings. The molecule has 27 heavy (non-hydrogen) atoms. The third-order valence-corrected chi connectivity index (χ3v) is 4.76. The van der Waals surface area contributed by atoms with Gasteiger partial charge in [-0.25, -0.2) is 0 Å². The zero-order chi connectivity index (χ0) is 19.4. The number of piperidine rings is 1. The Balaban J connectivity index is 1.50. The molecule has 3 rings (SSSR count). The van der Waals surface area contributed by atoms with Gasteiger partial charge in [0, 0.05) is 18.4 Å². The van der Waals surface area contributed by atoms with E-state index in [1.54, 1.807) is 0 Å². The molecule has 1 aromatic carbocycles. The normalized spacial score (nSPS) is 16.4. The molecule has 1 amide bonds. The van der Waals surface area contributed by atoms with Gasteiger partial charge in [0.25, 0.3) is 0 Å². The second-order valence-corrected chi connectivity index (χ2v) is 7.10. The lowest BCUT2D eigenvalue weighted by molar-refractivity contribution is -0.141. The number of nitrogens with one attached hydrogen (secondary N) is 1. The van der Waals surface area contributed by atoms with Crippen LogP contribution < -0.4 is 5.32 Å². The van der Waals surface area contributed by atoms with Crippen LogP contribution in [0.1, 0.15) is 31.0 Å². The van der Waals surface area contributed by atoms with E-state index in [0.29, 0.717) is 5.69 Å². The van der Waals surface area contributed by atoms with Crippen LogP contribution in [0.4, 0.5) is 18.9 Å². The molecule has 0 saturated carbocycles. The van der Waals surface area contributed by atoms with E-state index in [0.717, 1.165) is 42.5 Å². The second kappa shape index (κ2) is 8.12. The number of hydrogen-bond donors (Lipinski definition) is 1. The molecule has 0 radical (unpaired) electrons. The van der Waals surface area contributed by atoms with Crippen LogP contribution in [0.15, 0.2) is 36.5 Å². The van der Waals surface area contributed by atoms with E-state index in [-0.39, 0.29) is 6.54 Å². The zero-order valence-electron chi connectivity index (χ0n) is 15.2. The van der Waals surface area contributed by atoms with Crippen molar-refractivity contribution in [2.45, 2.75) is 39.0 Å². The van der Waals surface area contributed by atoms with Crippen molar-refractivity contribution in [3.05, 3.63) is 47.8 Å². The van der Waals surface area contributed by atoms with Crippen molar-refractivity contribution >= 4 is 11.6 Å². The molecule has 0 bridgehead atoms. The van der Waals surface area contributed by atoms with Gasteiger partial charge in [0.2, 0.25) is 5.91 Å². The molecule has 1 aliphatic rings. The smallest absolute Gasteiger partial charge is 0.324 e. The van der Waals surface area contributed by atoms with Crippen molar-refractivity contribution < 1.29 is 18.0 Å². The van der Waals surface area contributed by atoms with E-state index in [1.165, 1.54) is 18.4 Å². The molecule has 8 heteroatoms. The predicted octanol–water partition coefficient (Wildman–Crippen LogP) is 3.77. The maximum atomic E-state index is 12.5. The number of alkyl halides is 3. The number of amides is 1. The van der Waals surface area contributed by atoms with Crippen molar-refractivity contribution in [3.63, 3.8) is 0 Å². The summed E-state index contributed by atoms with van der Waals surface area (Å²) in [5.74, 6) is 0.366. The molecule has 5 nitrogen and oxygen atoms in total. The Morgan fingerprint density at radius 2 is 1.85 bits per heavy atom. The number of hydrogen-bond acceptors (Lipinski definition) is 3. The molecule has 1 N–H and O–H groups in total. The number of carbonyl (C=O) groups is 1. The fraction of sp³-hybridized carbons (Fsp3) is 0.474. The minimum absolute atomic E-state index is 0.274. The Bertz CT molecular complexity index is 762. The maximum Gasteiger partial charge on any atom is 0.435 e. The molecule has 2 heterocycles. The minimum Gasteiger partial charge on any atom is -0.324 e. The number of halogens is 3. The largest absolute Gasteiger partial charge is 0.435 e. The third kappa shape index (κ3) is 5.56. The van der Waals surface area contributed by atoms with Gasteiger partial charge in [-0.05, 0) is 55.6 Å². The highest BCUT2D eigenvalue weighted by Crippen LogP contribution is 2.27. The Kier molecular flexibility index (Phi) is 5.84. The fourth-order valence-corrected chi connectivity index (χ4v) is 3.12. The van der Waals surface area contributed by atoms with Crippen molar-refractivity contribution in [3.8, 4) is 0 Å². The summed E-state index contributed by atoms with van der Waals surface area (Å²) in [5.41, 5.74) is 0.774. The van der Waals surface area contributed by atoms with Gasteiger partial charge in [0.15, 0.2) is 5.69 Å². The number of rotatable bonds is 5. The lowest BCUT2D eigenvalue weighted by Crippen LogP contribution is -2.32. The molecule has 1 saturated heterocycles. The van der Waals surface area contributed by atoms with Gasteiger partial charge < -0.3 is 5.32 Å². The van der Waals surface area contributed by atoms with Crippen molar-refractivity contribution in [1.29, 1.82) is 0 Å². The summed E-state index contributed by atoms with van der Waals surface area (Å²) in [7, 11) is 0. The molecule has 146 valence electrons. The van der Waals surface area contributed by atoms with Gasteiger partial charge in [0.05, 0.1) is 0 Å². The molecule has 1 fully saturated rings. The number of carbonyl (C=O) groups excluding carboxylic acids is 1. The van der Waals surface area contributed by atoms with Crippen LogP contribution in [0, 0.1) is 5.92 Å². The summed E-state index contributed by atoms with van der Waals surface area (Å²) >= 11 is 0. The van der Waals surface area contributed by atoms with Gasteiger partial charge >= 0.3 is 6.18 Å². The van der Waals surface area contributed by atoms with Gasteiger partial charge in [-0.3, -0.25) is 14.4 Å². The van der Waals surface area contributed by atoms with Gasteiger partial charge in [-0.1, -0.05) is 19.1 Å². The standard InChI is InChI=1S/C19H23F3N4O/c1-14-6-9-25(10-7-14)12-15-2-4-16(5-3-15)23-18(27)13-26-11-8-17(24-26)19(20,21)22/h2-5,8,11,14H,6-7,9-10,12-13H2,1H3,(H,23,27). The lowest BCUT2D eigenvalue weighted by Gasteiger charge is -2.30. The first-order chi connectivity index (χ1) is 12.8. The van der Waals surface area contributed by atoms with E-state index >= 15 is 0 Å². The second-order valence-electron chi connectivity index (χ2n) is 7.10. The van der Waals surface area contributed by atoms with Crippen molar-refractivity contribution in [1.82, 2.24) is 14.7 Å². The highest BCUT2D eigenvalue weighted by Gasteiger charge is 2.33. The highest BCUT2D eigenvalue weighted by atomic mass is 19.4. The number of benzene rings is 1. The molecule has 1 aliphatic heterocycles. The molecular formula is C19H23F3N4O. The minimum atomic E-state index is -4.51. The number of nitrogens with zero attached hydrogens (tertiary/aromatic N) is 3. The molecule has 0 spiro atoms. The summed E-state index contributed by atoms with van der Waals surface area (Å²) in [6, 6.07) is 8.39. The zero-order valence-corrected chi connectivity index (χ0v) is 15.2. The van der Waals surface area contributed by atoms with Crippen LogP contribution in [0.25, 0.3) is 0 Å². The van der Waals surface area contributed by atoms with Gasteiger partial charge in [-0.15, -0.1) is 0 Å². The van der Waals surface area contributed by atoms with Gasteiger partial charge in [-0.2, -0.15) is 18.3 Å². The topological polar surface area (TPSA) is 50.2 Å². The Hall–Kier alpha value is -2.35. The van der Waals surface area contributed by atoms with Gasteiger partial charge in [0.1, 0.15) is 6.54 Å². The summed E-state index contributed by atoms with van der Waals surface area (Å²) in [6.45, 7) is 5.09. The quantitative estimate of drug-likeness (QED) is 0.859. The first kappa shape index (κ1) is 19.4. The Morgan fingerprint density at radius 1 is 1.19 bits per heavy atom. The molecular weight excluding hydrogens is 357 g/mol. The van der Waals surface area contributed by atoms with Crippen molar-refractivity contribution in [2.75, 3.05) is 18.4 Å². The van der Waals surface area contributed by atoms with Crippen LogP contribution in [-0.4, -0.2) is 33.7 Å². The molecule has 1 aromatic heterocycles. The SMILES string of the molecule is CC1CCN(Cc2ccc(NC(=O)Cn3ccc(C(F)(F)F)n3)cc2)CC1. The van der Waals surface area contributed by atoms with Crippen LogP contribution >= 0.6 is 0 Å². The Morgan fingerprint density at radius 3 is 2.44 bits per heavy atom. The lowest BCUT2D eigenvalue weighted by atomic mass is 9.99. The maximum absolute atomic E-state index is 12.5. The third-order valence-electron chi connectivity index (χ3n) is 4.76. The Labute approximate surface area is 156 Å². The van der Waals surface area contributed by atoms with Crippen LogP contribution in [-0.2, 0) is 24.1 Å². The fourth-order valence-electron chi connectivity index (χ4n) is 3.12. The van der Waals surface area contributed by atoms with Crippen LogP contribution in [0.3, 0.4) is 0 Å². The number of anilines is 1. The van der Waals surface area contributed by atoms with Crippen LogP contribution in [0.5, 0.6) is 0 Å². The summed E-state index contributed by atoms with van der Waals surface area (Å²) in [4.78, 5) is 14.4. The molecule has 0 unspecified atom stereocenters. The van der Waals surface area contributed by atoms with E-state index < -0.39 is 17.8 Å².